The zero-order chi connectivity index (χ0) is 22.4. The van der Waals surface area contributed by atoms with Crippen LogP contribution in [0.2, 0.25) is 10.0 Å². The lowest BCUT2D eigenvalue weighted by Gasteiger charge is -2.42. The van der Waals surface area contributed by atoms with E-state index in [2.05, 4.69) is 5.16 Å². The van der Waals surface area contributed by atoms with Gasteiger partial charge in [0.05, 0.1) is 41.6 Å². The van der Waals surface area contributed by atoms with Gasteiger partial charge in [-0.15, -0.1) is 0 Å². The largest absolute Gasteiger partial charge is 0.394 e. The summed E-state index contributed by atoms with van der Waals surface area (Å²) < 4.78 is 18.2. The summed E-state index contributed by atoms with van der Waals surface area (Å²) in [6.07, 6.45) is 1.33. The molecule has 1 aromatic carbocycles. The van der Waals surface area contributed by atoms with Crippen LogP contribution in [0.1, 0.15) is 57.3 Å². The summed E-state index contributed by atoms with van der Waals surface area (Å²) in [7, 11) is 0. The van der Waals surface area contributed by atoms with Gasteiger partial charge in [0.25, 0.3) is 0 Å². The van der Waals surface area contributed by atoms with Crippen LogP contribution in [0.4, 0.5) is 0 Å². The number of nitrogens with zero attached hydrogens (tertiary/aromatic N) is 1. The Bertz CT molecular complexity index is 926. The third-order valence-electron chi connectivity index (χ3n) is 7.15. The molecule has 0 bridgehead atoms. The summed E-state index contributed by atoms with van der Waals surface area (Å²) in [6.45, 7) is 6.27. The number of rotatable bonds is 8. The molecule has 2 aliphatic rings. The normalized spacial score (nSPS) is 29.5. The number of benzene rings is 1. The zero-order valence-electron chi connectivity index (χ0n) is 18.0. The Kier molecular flexibility index (Phi) is 6.43. The number of aliphatic hydroxyl groups excluding tert-OH is 2. The van der Waals surface area contributed by atoms with Gasteiger partial charge in [0.15, 0.2) is 0 Å². The molecule has 0 unspecified atom stereocenters. The van der Waals surface area contributed by atoms with Crippen molar-refractivity contribution in [3.63, 3.8) is 0 Å². The molecule has 31 heavy (non-hydrogen) atoms. The van der Waals surface area contributed by atoms with E-state index in [1.165, 1.54) is 0 Å². The van der Waals surface area contributed by atoms with Gasteiger partial charge in [-0.3, -0.25) is 0 Å². The molecule has 0 spiro atoms. The Morgan fingerprint density at radius 3 is 2.52 bits per heavy atom. The first-order valence-electron chi connectivity index (χ1n) is 10.7. The fourth-order valence-electron chi connectivity index (χ4n) is 4.59. The number of aromatic nitrogens is 1. The molecule has 0 radical (unpaired) electrons. The van der Waals surface area contributed by atoms with E-state index in [4.69, 9.17) is 37.2 Å². The first-order chi connectivity index (χ1) is 14.8. The van der Waals surface area contributed by atoms with Crippen molar-refractivity contribution < 1.29 is 24.2 Å². The number of hydrogen-bond acceptors (Lipinski definition) is 6. The topological polar surface area (TPSA) is 85.0 Å². The number of hydrogen-bond donors (Lipinski definition) is 2. The number of halogens is 2. The van der Waals surface area contributed by atoms with Crippen LogP contribution in [0, 0.1) is 5.41 Å². The first kappa shape index (κ1) is 23.0. The maximum absolute atomic E-state index is 10.3. The molecule has 1 aliphatic carbocycles. The van der Waals surface area contributed by atoms with Crippen LogP contribution >= 0.6 is 23.2 Å². The predicted molar refractivity (Wildman–Crippen MR) is 118 cm³/mol. The fraction of sp³-hybridized carbons (Fsp3) is 0.609. The van der Waals surface area contributed by atoms with Crippen LogP contribution in [0.5, 0.6) is 0 Å². The Hall–Kier alpha value is -1.15. The van der Waals surface area contributed by atoms with Gasteiger partial charge in [-0.25, -0.2) is 0 Å². The van der Waals surface area contributed by atoms with Crippen LogP contribution < -0.4 is 0 Å². The second-order valence-corrected chi connectivity index (χ2v) is 9.83. The number of ether oxygens (including phenoxy) is 2. The van der Waals surface area contributed by atoms with Crippen molar-refractivity contribution in [3.8, 4) is 11.3 Å². The van der Waals surface area contributed by atoms with Gasteiger partial charge in [-0.05, 0) is 38.3 Å². The molecule has 1 aliphatic heterocycles. The SMILES string of the molecule is CC[C@@]1(C)[C@@H]([C@@H](O)CO)OC[C@@]1(C)OCc1c(-c2c(Cl)cccc2Cl)noc1C1CC1. The molecular weight excluding hydrogens is 441 g/mol. The summed E-state index contributed by atoms with van der Waals surface area (Å²) in [5.74, 6) is 1.15. The summed E-state index contributed by atoms with van der Waals surface area (Å²) in [4.78, 5) is 0. The molecule has 2 N–H and O–H groups in total. The predicted octanol–water partition coefficient (Wildman–Crippen LogP) is 4.97. The summed E-state index contributed by atoms with van der Waals surface area (Å²) in [6, 6.07) is 5.35. The van der Waals surface area contributed by atoms with Gasteiger partial charge < -0.3 is 24.2 Å². The van der Waals surface area contributed by atoms with Crippen molar-refractivity contribution in [2.75, 3.05) is 13.2 Å². The van der Waals surface area contributed by atoms with Crippen LogP contribution in [0.25, 0.3) is 11.3 Å². The highest BCUT2D eigenvalue weighted by molar-refractivity contribution is 6.39. The van der Waals surface area contributed by atoms with Gasteiger partial charge in [0.2, 0.25) is 0 Å². The molecule has 170 valence electrons. The van der Waals surface area contributed by atoms with Gasteiger partial charge in [-0.2, -0.15) is 0 Å². The highest BCUT2D eigenvalue weighted by Crippen LogP contribution is 2.51. The van der Waals surface area contributed by atoms with E-state index in [-0.39, 0.29) is 13.2 Å². The van der Waals surface area contributed by atoms with Crippen LogP contribution in [-0.4, -0.2) is 46.4 Å². The van der Waals surface area contributed by atoms with Crippen molar-refractivity contribution in [1.82, 2.24) is 5.16 Å². The first-order valence-corrected chi connectivity index (χ1v) is 11.5. The standard InChI is InChI=1S/C23H29Cl2NO5/c1-4-22(2)21(17(28)10-27)29-12-23(22,3)30-11-14-19(26-31-20(14)13-8-9-13)18-15(24)6-5-7-16(18)25/h5-7,13,17,21,27-28H,4,8-12H2,1-3H3/t17-,21+,22-,23+/m0/s1. The van der Waals surface area contributed by atoms with E-state index in [0.29, 0.717) is 40.2 Å². The van der Waals surface area contributed by atoms with Crippen molar-refractivity contribution in [2.24, 2.45) is 5.41 Å². The Labute approximate surface area is 192 Å². The average Bonchev–Trinajstić information content (AvgIpc) is 3.46. The van der Waals surface area contributed by atoms with Crippen LogP contribution in [-0.2, 0) is 16.1 Å². The van der Waals surface area contributed by atoms with E-state index in [1.807, 2.05) is 20.8 Å². The van der Waals surface area contributed by atoms with Crippen LogP contribution in [0.15, 0.2) is 22.7 Å². The third-order valence-corrected chi connectivity index (χ3v) is 7.78. The lowest BCUT2D eigenvalue weighted by atomic mass is 9.69. The van der Waals surface area contributed by atoms with Gasteiger partial charge in [-0.1, -0.05) is 48.3 Å². The van der Waals surface area contributed by atoms with Gasteiger partial charge >= 0.3 is 0 Å². The molecule has 6 nitrogen and oxygen atoms in total. The fourth-order valence-corrected chi connectivity index (χ4v) is 5.17. The molecular formula is C23H29Cl2NO5. The second kappa shape index (κ2) is 8.65. The monoisotopic (exact) mass is 469 g/mol. The number of aliphatic hydroxyl groups is 2. The molecule has 1 aromatic heterocycles. The van der Waals surface area contributed by atoms with E-state index in [9.17, 15) is 10.2 Å². The van der Waals surface area contributed by atoms with Gasteiger partial charge in [0, 0.05) is 22.5 Å². The van der Waals surface area contributed by atoms with Crippen molar-refractivity contribution in [3.05, 3.63) is 39.6 Å². The lowest BCUT2D eigenvalue weighted by molar-refractivity contribution is -0.119. The van der Waals surface area contributed by atoms with Crippen LogP contribution in [0.3, 0.4) is 0 Å². The minimum Gasteiger partial charge on any atom is -0.394 e. The maximum Gasteiger partial charge on any atom is 0.145 e. The highest BCUT2D eigenvalue weighted by Gasteiger charge is 2.58. The molecule has 4 atom stereocenters. The summed E-state index contributed by atoms with van der Waals surface area (Å²) >= 11 is 12.9. The van der Waals surface area contributed by atoms with Gasteiger partial charge in [0.1, 0.15) is 17.6 Å². The molecule has 0 amide bonds. The smallest absolute Gasteiger partial charge is 0.145 e. The van der Waals surface area contributed by atoms with Crippen molar-refractivity contribution in [1.29, 1.82) is 0 Å². The molecule has 8 heteroatoms. The molecule has 1 saturated heterocycles. The molecule has 2 fully saturated rings. The lowest BCUT2D eigenvalue weighted by Crippen LogP contribution is -2.51. The minimum atomic E-state index is -0.967. The maximum atomic E-state index is 10.3. The van der Waals surface area contributed by atoms with E-state index in [0.717, 1.165) is 24.2 Å². The molecule has 1 saturated carbocycles. The Balaban J connectivity index is 1.66. The zero-order valence-corrected chi connectivity index (χ0v) is 19.5. The summed E-state index contributed by atoms with van der Waals surface area (Å²) in [5, 5.41) is 25.1. The van der Waals surface area contributed by atoms with E-state index < -0.39 is 23.2 Å². The highest BCUT2D eigenvalue weighted by atomic mass is 35.5. The Morgan fingerprint density at radius 2 is 1.94 bits per heavy atom. The minimum absolute atomic E-state index is 0.254. The van der Waals surface area contributed by atoms with Crippen molar-refractivity contribution >= 4 is 23.2 Å². The third kappa shape index (κ3) is 3.92. The average molecular weight is 470 g/mol. The molecule has 2 heterocycles. The molecule has 2 aromatic rings. The van der Waals surface area contributed by atoms with E-state index >= 15 is 0 Å². The Morgan fingerprint density at radius 1 is 1.26 bits per heavy atom. The second-order valence-electron chi connectivity index (χ2n) is 9.02. The van der Waals surface area contributed by atoms with E-state index in [1.54, 1.807) is 18.2 Å². The summed E-state index contributed by atoms with van der Waals surface area (Å²) in [5.41, 5.74) is 0.921. The quantitative estimate of drug-likeness (QED) is 0.567. The molecule has 4 rings (SSSR count). The van der Waals surface area contributed by atoms with Crippen molar-refractivity contribution in [2.45, 2.75) is 70.4 Å².